The Hall–Kier alpha value is -2.41. The molecule has 1 aliphatic rings. The minimum Gasteiger partial charge on any atom is -0.450 e. The predicted octanol–water partition coefficient (Wildman–Crippen LogP) is 2.71. The van der Waals surface area contributed by atoms with Gasteiger partial charge in [-0.2, -0.15) is 0 Å². The van der Waals surface area contributed by atoms with Crippen molar-refractivity contribution in [2.45, 2.75) is 13.3 Å². The zero-order chi connectivity index (χ0) is 19.2. The highest BCUT2D eigenvalue weighted by atomic mass is 35.5. The average molecular weight is 392 g/mol. The number of amides is 1. The quantitative estimate of drug-likeness (QED) is 0.621. The zero-order valence-corrected chi connectivity index (χ0v) is 16.6. The maximum Gasteiger partial charge on any atom is 0.409 e. The molecule has 1 saturated heterocycles. The summed E-state index contributed by atoms with van der Waals surface area (Å²) in [6.07, 6.45) is 2.66. The van der Waals surface area contributed by atoms with Crippen LogP contribution in [0.15, 0.2) is 29.4 Å². The van der Waals surface area contributed by atoms with Gasteiger partial charge in [-0.25, -0.2) is 4.79 Å². The van der Waals surface area contributed by atoms with Gasteiger partial charge in [-0.15, -0.1) is 0 Å². The normalized spacial score (nSPS) is 15.3. The summed E-state index contributed by atoms with van der Waals surface area (Å²) >= 11 is 6.12. The molecule has 2 aromatic rings. The number of fused-ring (bicyclic) bond motifs is 1. The molecule has 1 amide bonds. The third-order valence-corrected chi connectivity index (χ3v) is 4.96. The van der Waals surface area contributed by atoms with Crippen molar-refractivity contribution in [2.24, 2.45) is 4.99 Å². The number of aromatic nitrogens is 1. The van der Waals surface area contributed by atoms with Gasteiger partial charge in [-0.3, -0.25) is 4.99 Å². The minimum absolute atomic E-state index is 0.238. The molecule has 1 fully saturated rings. The molecule has 1 aromatic heterocycles. The van der Waals surface area contributed by atoms with Crippen LogP contribution in [0.4, 0.5) is 4.79 Å². The maximum atomic E-state index is 11.8. The summed E-state index contributed by atoms with van der Waals surface area (Å²) in [6, 6.07) is 5.88. The number of hydrogen-bond donors (Lipinski definition) is 2. The van der Waals surface area contributed by atoms with Gasteiger partial charge in [0.15, 0.2) is 5.96 Å². The van der Waals surface area contributed by atoms with E-state index in [1.807, 2.05) is 31.3 Å². The molecule has 2 N–H and O–H groups in total. The van der Waals surface area contributed by atoms with E-state index in [0.29, 0.717) is 19.7 Å². The number of nitrogens with one attached hydrogen (secondary N) is 2. The monoisotopic (exact) mass is 391 g/mol. The third kappa shape index (κ3) is 4.66. The first-order valence-corrected chi connectivity index (χ1v) is 9.63. The Kier molecular flexibility index (Phi) is 6.45. The van der Waals surface area contributed by atoms with Crippen molar-refractivity contribution < 1.29 is 9.53 Å². The summed E-state index contributed by atoms with van der Waals surface area (Å²) in [5.41, 5.74) is 2.32. The Bertz CT molecular complexity index is 812. The molecular weight excluding hydrogens is 366 g/mol. The first-order chi connectivity index (χ1) is 13.1. The van der Waals surface area contributed by atoms with E-state index in [4.69, 9.17) is 16.3 Å². The summed E-state index contributed by atoms with van der Waals surface area (Å²) in [5.74, 6) is 0.858. The molecule has 3 rings (SSSR count). The lowest BCUT2D eigenvalue weighted by Crippen LogP contribution is -2.54. The van der Waals surface area contributed by atoms with Crippen molar-refractivity contribution in [3.05, 3.63) is 35.0 Å². The molecule has 0 radical (unpaired) electrons. The number of halogens is 1. The van der Waals surface area contributed by atoms with E-state index in [-0.39, 0.29) is 6.09 Å². The molecule has 8 heteroatoms. The Labute approximate surface area is 164 Å². The minimum atomic E-state index is -0.238. The van der Waals surface area contributed by atoms with E-state index in [1.54, 1.807) is 11.9 Å². The van der Waals surface area contributed by atoms with E-state index < -0.39 is 0 Å². The summed E-state index contributed by atoms with van der Waals surface area (Å²) in [4.78, 5) is 23.4. The van der Waals surface area contributed by atoms with Gasteiger partial charge in [0.25, 0.3) is 0 Å². The Morgan fingerprint density at radius 3 is 2.74 bits per heavy atom. The van der Waals surface area contributed by atoms with Gasteiger partial charge in [-0.05, 0) is 37.1 Å². The third-order valence-electron chi connectivity index (χ3n) is 4.72. The topological polar surface area (TPSA) is 73.0 Å². The lowest BCUT2D eigenvalue weighted by Gasteiger charge is -2.35. The van der Waals surface area contributed by atoms with Gasteiger partial charge < -0.3 is 24.8 Å². The second-order valence-electron chi connectivity index (χ2n) is 6.40. The summed E-state index contributed by atoms with van der Waals surface area (Å²) < 4.78 is 5.06. The number of ether oxygens (including phenoxy) is 1. The Morgan fingerprint density at radius 2 is 2.04 bits per heavy atom. The maximum absolute atomic E-state index is 11.8. The fraction of sp³-hybridized carbons (Fsp3) is 0.474. The van der Waals surface area contributed by atoms with Gasteiger partial charge in [0.05, 0.1) is 6.61 Å². The van der Waals surface area contributed by atoms with Crippen LogP contribution in [0.25, 0.3) is 10.9 Å². The Morgan fingerprint density at radius 1 is 1.30 bits per heavy atom. The van der Waals surface area contributed by atoms with E-state index in [9.17, 15) is 4.79 Å². The van der Waals surface area contributed by atoms with E-state index in [0.717, 1.165) is 47.9 Å². The second-order valence-corrected chi connectivity index (χ2v) is 6.84. The van der Waals surface area contributed by atoms with E-state index >= 15 is 0 Å². The molecule has 0 aliphatic carbocycles. The summed E-state index contributed by atoms with van der Waals surface area (Å²) in [6.45, 7) is 5.75. The average Bonchev–Trinajstić information content (AvgIpc) is 3.08. The lowest BCUT2D eigenvalue weighted by molar-refractivity contribution is 0.0915. The smallest absolute Gasteiger partial charge is 0.409 e. The number of nitrogens with zero attached hydrogens (tertiary/aromatic N) is 3. The number of carbonyl (C=O) groups is 1. The Balaban J connectivity index is 1.51. The molecule has 0 bridgehead atoms. The lowest BCUT2D eigenvalue weighted by atomic mass is 10.1. The summed E-state index contributed by atoms with van der Waals surface area (Å²) in [7, 11) is 1.78. The molecule has 7 nitrogen and oxygen atoms in total. The van der Waals surface area contributed by atoms with Crippen LogP contribution in [0.1, 0.15) is 12.5 Å². The van der Waals surface area contributed by atoms with Crippen LogP contribution in [-0.2, 0) is 11.2 Å². The molecule has 0 spiro atoms. The predicted molar refractivity (Wildman–Crippen MR) is 109 cm³/mol. The highest BCUT2D eigenvalue weighted by Crippen LogP contribution is 2.22. The number of hydrogen-bond acceptors (Lipinski definition) is 3. The highest BCUT2D eigenvalue weighted by Gasteiger charge is 2.23. The van der Waals surface area contributed by atoms with Crippen LogP contribution in [0.5, 0.6) is 0 Å². The van der Waals surface area contributed by atoms with Crippen LogP contribution in [0.2, 0.25) is 5.02 Å². The first-order valence-electron chi connectivity index (χ1n) is 9.25. The largest absolute Gasteiger partial charge is 0.450 e. The number of H-pyrrole nitrogens is 1. The molecule has 1 aliphatic heterocycles. The van der Waals surface area contributed by atoms with Crippen LogP contribution in [-0.4, -0.2) is 73.2 Å². The number of benzene rings is 1. The zero-order valence-electron chi connectivity index (χ0n) is 15.8. The number of aromatic amines is 1. The molecule has 1 aromatic carbocycles. The van der Waals surface area contributed by atoms with Crippen molar-refractivity contribution in [3.63, 3.8) is 0 Å². The van der Waals surface area contributed by atoms with Crippen LogP contribution in [0.3, 0.4) is 0 Å². The van der Waals surface area contributed by atoms with Gasteiger partial charge in [-0.1, -0.05) is 11.6 Å². The van der Waals surface area contributed by atoms with Gasteiger partial charge >= 0.3 is 6.09 Å². The second kappa shape index (κ2) is 8.99. The molecule has 2 heterocycles. The van der Waals surface area contributed by atoms with E-state index in [2.05, 4.69) is 20.2 Å². The fourth-order valence-corrected chi connectivity index (χ4v) is 3.49. The molecule has 146 valence electrons. The van der Waals surface area contributed by atoms with Crippen molar-refractivity contribution in [2.75, 3.05) is 46.4 Å². The number of piperazine rings is 1. The highest BCUT2D eigenvalue weighted by molar-refractivity contribution is 6.31. The number of carbonyl (C=O) groups excluding carboxylic acids is 1. The number of rotatable bonds is 4. The molecule has 0 unspecified atom stereocenters. The summed E-state index contributed by atoms with van der Waals surface area (Å²) in [5, 5.41) is 5.32. The molecule has 0 saturated carbocycles. The van der Waals surface area contributed by atoms with Crippen molar-refractivity contribution in [3.8, 4) is 0 Å². The van der Waals surface area contributed by atoms with Gasteiger partial charge in [0.2, 0.25) is 0 Å². The standard InChI is InChI=1S/C19H26ClN5O2/c1-3-27-19(26)25-10-8-24(9-11-25)18(21-2)22-7-6-14-13-23-17-5-4-15(20)12-16(14)17/h4-5,12-13,23H,3,6-11H2,1-2H3,(H,21,22). The van der Waals surface area contributed by atoms with Gasteiger partial charge in [0.1, 0.15) is 0 Å². The van der Waals surface area contributed by atoms with Crippen molar-refractivity contribution in [1.82, 2.24) is 20.1 Å². The molecule has 27 heavy (non-hydrogen) atoms. The van der Waals surface area contributed by atoms with Gasteiger partial charge in [0, 0.05) is 61.9 Å². The van der Waals surface area contributed by atoms with Crippen molar-refractivity contribution >= 4 is 34.6 Å². The van der Waals surface area contributed by atoms with Crippen LogP contribution >= 0.6 is 11.6 Å². The molecule has 0 atom stereocenters. The SMILES string of the molecule is CCOC(=O)N1CCN(C(=NC)NCCc2c[nH]c3ccc(Cl)cc23)CC1. The van der Waals surface area contributed by atoms with Crippen LogP contribution in [0, 0.1) is 0 Å². The fourth-order valence-electron chi connectivity index (χ4n) is 3.31. The number of aliphatic imine (C=N–C) groups is 1. The first kappa shape index (κ1) is 19.4. The van der Waals surface area contributed by atoms with Crippen LogP contribution < -0.4 is 5.32 Å². The number of guanidine groups is 1. The van der Waals surface area contributed by atoms with Crippen molar-refractivity contribution in [1.29, 1.82) is 0 Å². The molecular formula is C19H26ClN5O2. The van der Waals surface area contributed by atoms with E-state index in [1.165, 1.54) is 5.56 Å².